The van der Waals surface area contributed by atoms with E-state index in [-0.39, 0.29) is 16.7 Å². The molecule has 0 saturated heterocycles. The Bertz CT molecular complexity index is 2210. The van der Waals surface area contributed by atoms with Crippen LogP contribution in [0, 0.1) is 39.6 Å². The zero-order valence-electron chi connectivity index (χ0n) is 27.5. The quantitative estimate of drug-likeness (QED) is 0.165. The molecule has 4 N–H and O–H groups in total. The van der Waals surface area contributed by atoms with Crippen LogP contribution >= 0.6 is 0 Å². The number of primary amides is 2. The van der Waals surface area contributed by atoms with Gasteiger partial charge in [0.05, 0.1) is 11.1 Å². The van der Waals surface area contributed by atoms with Crippen LogP contribution in [-0.4, -0.2) is 51.3 Å². The molecule has 0 unspecified atom stereocenters. The molecule has 12 nitrogen and oxygen atoms in total. The summed E-state index contributed by atoms with van der Waals surface area (Å²) in [7, 11) is 0. The highest BCUT2D eigenvalue weighted by Crippen LogP contribution is 2.22. The minimum Gasteiger partial charge on any atom is -0.366 e. The van der Waals surface area contributed by atoms with Gasteiger partial charge in [-0.05, 0) is 76.2 Å². The third kappa shape index (κ3) is 8.60. The fourth-order valence-corrected chi connectivity index (χ4v) is 5.08. The number of hydrogen-bond acceptors (Lipinski definition) is 8. The topological polar surface area (TPSA) is 173 Å². The number of nitrogens with two attached hydrogens (primary N) is 2. The average Bonchev–Trinajstić information content (AvgIpc) is 3.73. The summed E-state index contributed by atoms with van der Waals surface area (Å²) < 4.78 is 29.5. The third-order valence-corrected chi connectivity index (χ3v) is 7.12. The first-order chi connectivity index (χ1) is 23.9. The van der Waals surface area contributed by atoms with E-state index < -0.39 is 23.7 Å². The van der Waals surface area contributed by atoms with Crippen molar-refractivity contribution < 1.29 is 18.4 Å². The highest BCUT2D eigenvalue weighted by atomic mass is 19.1. The summed E-state index contributed by atoms with van der Waals surface area (Å²) in [6, 6.07) is 17.6. The number of aromatic nitrogens is 8. The molecule has 0 spiro atoms. The minimum absolute atomic E-state index is 0.0125. The minimum atomic E-state index is -0.782. The van der Waals surface area contributed by atoms with Gasteiger partial charge in [0.2, 0.25) is 11.9 Å². The van der Waals surface area contributed by atoms with E-state index in [9.17, 15) is 18.4 Å². The van der Waals surface area contributed by atoms with Crippen LogP contribution in [0.25, 0.3) is 46.3 Å². The summed E-state index contributed by atoms with van der Waals surface area (Å²) >= 11 is 0. The molecular weight excluding hydrogens is 642 g/mol. The van der Waals surface area contributed by atoms with Crippen LogP contribution in [0.4, 0.5) is 8.78 Å². The predicted molar refractivity (Wildman–Crippen MR) is 185 cm³/mol. The fraction of sp³-hybridized carbons (Fsp3) is 0.111. The largest absolute Gasteiger partial charge is 0.366 e. The second-order valence-electron chi connectivity index (χ2n) is 11.4. The van der Waals surface area contributed by atoms with Crippen LogP contribution < -0.4 is 11.5 Å². The molecule has 0 saturated carbocycles. The molecule has 6 aromatic rings. The fourth-order valence-electron chi connectivity index (χ4n) is 5.08. The van der Waals surface area contributed by atoms with Gasteiger partial charge < -0.3 is 11.5 Å². The van der Waals surface area contributed by atoms with Gasteiger partial charge in [0.25, 0.3) is 11.8 Å². The van der Waals surface area contributed by atoms with E-state index >= 15 is 0 Å². The molecule has 0 aliphatic heterocycles. The van der Waals surface area contributed by atoms with Gasteiger partial charge in [-0.25, -0.2) is 29.3 Å². The van der Waals surface area contributed by atoms with Crippen LogP contribution in [0.5, 0.6) is 0 Å². The third-order valence-electron chi connectivity index (χ3n) is 7.12. The second-order valence-corrected chi connectivity index (χ2v) is 11.4. The zero-order chi connectivity index (χ0) is 35.9. The number of pyridine rings is 2. The van der Waals surface area contributed by atoms with Crippen molar-refractivity contribution in [3.63, 3.8) is 0 Å². The molecule has 0 radical (unpaired) electrons. The summed E-state index contributed by atoms with van der Waals surface area (Å²) in [4.78, 5) is 39.0. The molecule has 0 aliphatic rings. The molecule has 14 heteroatoms. The maximum atomic E-state index is 13.9. The lowest BCUT2D eigenvalue weighted by atomic mass is 10.1. The molecule has 6 rings (SSSR count). The van der Waals surface area contributed by atoms with Gasteiger partial charge in [-0.15, -0.1) is 10.2 Å². The summed E-state index contributed by atoms with van der Waals surface area (Å²) in [5.74, 6) is -1.83. The zero-order valence-corrected chi connectivity index (χ0v) is 27.5. The van der Waals surface area contributed by atoms with E-state index in [0.29, 0.717) is 17.2 Å². The number of nitrogens with zero attached hydrogens (tertiary/aromatic N) is 8. The van der Waals surface area contributed by atoms with Gasteiger partial charge in [-0.1, -0.05) is 34.4 Å². The molecule has 252 valence electrons. The highest BCUT2D eigenvalue weighted by molar-refractivity contribution is 6.22. The number of amides is 2. The molecule has 0 bridgehead atoms. The maximum absolute atomic E-state index is 13.9. The summed E-state index contributed by atoms with van der Waals surface area (Å²) in [6.45, 7) is 7.98. The number of carbonyl (C=O) groups excluding carboxylic acids is 2. The van der Waals surface area contributed by atoms with Gasteiger partial charge in [0.15, 0.2) is 11.6 Å². The molecule has 4 aromatic heterocycles. The SMILES string of the molecule is Cc1cc(C)cc(-c2ncn(/C=C(\C(N)=O)c3ccc(F)nc3)n2)c1.Cc1cc(C)cc(-c2ncn(/C=C(\C(N)=O)c3cccnc3F)n2)c1. The number of carbonyl (C=O) groups is 2. The van der Waals surface area contributed by atoms with E-state index in [1.807, 2.05) is 52.0 Å². The van der Waals surface area contributed by atoms with Crippen molar-refractivity contribution in [3.05, 3.63) is 131 Å². The summed E-state index contributed by atoms with van der Waals surface area (Å²) in [5, 5.41) is 8.67. The standard InChI is InChI=1S/2C18H16FN5O/c1-11-5-12(2)7-14(6-11)18-22-10-24(23-18)9-15(17(20)25)13-3-4-16(19)21-8-13;1-11-6-12(2)8-13(7-11)18-22-10-24(23-18)9-15(17(20)25)14-4-3-5-21-16(14)19/h2*3-10H,1-2H3,(H2,20,25)/b2*15-9-. The van der Waals surface area contributed by atoms with E-state index in [4.69, 9.17) is 11.5 Å². The number of hydrogen-bond donors (Lipinski definition) is 2. The lowest BCUT2D eigenvalue weighted by Gasteiger charge is -2.04. The van der Waals surface area contributed by atoms with Crippen LogP contribution in [0.1, 0.15) is 33.4 Å². The predicted octanol–water partition coefficient (Wildman–Crippen LogP) is 5.16. The molecular formula is C36H32F2N10O2. The van der Waals surface area contributed by atoms with Gasteiger partial charge >= 0.3 is 0 Å². The molecule has 2 amide bonds. The maximum Gasteiger partial charge on any atom is 0.251 e. The Hall–Kier alpha value is -6.70. The van der Waals surface area contributed by atoms with Gasteiger partial charge in [0, 0.05) is 47.0 Å². The lowest BCUT2D eigenvalue weighted by molar-refractivity contribution is -0.113. The number of aryl methyl sites for hydroxylation is 4. The van der Waals surface area contributed by atoms with Crippen molar-refractivity contribution in [3.8, 4) is 22.8 Å². The molecule has 4 heterocycles. The van der Waals surface area contributed by atoms with Crippen molar-refractivity contribution >= 4 is 35.4 Å². The van der Waals surface area contributed by atoms with Crippen molar-refractivity contribution in [1.29, 1.82) is 0 Å². The van der Waals surface area contributed by atoms with Crippen LogP contribution in [0.2, 0.25) is 0 Å². The number of halogens is 2. The Kier molecular flexibility index (Phi) is 10.4. The Labute approximate surface area is 285 Å². The van der Waals surface area contributed by atoms with Crippen LogP contribution in [0.3, 0.4) is 0 Å². The van der Waals surface area contributed by atoms with Crippen molar-refractivity contribution in [2.45, 2.75) is 27.7 Å². The van der Waals surface area contributed by atoms with E-state index in [1.54, 1.807) is 0 Å². The lowest BCUT2D eigenvalue weighted by Crippen LogP contribution is -2.15. The number of rotatable bonds is 8. The molecule has 0 aliphatic carbocycles. The molecule has 0 atom stereocenters. The normalized spacial score (nSPS) is 11.6. The second kappa shape index (κ2) is 15.0. The van der Waals surface area contributed by atoms with E-state index in [0.717, 1.165) is 39.4 Å². The highest BCUT2D eigenvalue weighted by Gasteiger charge is 2.15. The summed E-state index contributed by atoms with van der Waals surface area (Å²) in [5.41, 5.74) is 17.5. The summed E-state index contributed by atoms with van der Waals surface area (Å²) in [6.07, 6.45) is 8.23. The Morgan fingerprint density at radius 3 is 1.60 bits per heavy atom. The monoisotopic (exact) mass is 674 g/mol. The van der Waals surface area contributed by atoms with E-state index in [2.05, 4.69) is 42.3 Å². The first-order valence-electron chi connectivity index (χ1n) is 15.1. The molecule has 2 aromatic carbocycles. The van der Waals surface area contributed by atoms with Gasteiger partial charge in [-0.2, -0.15) is 8.78 Å². The van der Waals surface area contributed by atoms with Crippen LogP contribution in [0.15, 0.2) is 85.7 Å². The molecule has 50 heavy (non-hydrogen) atoms. The smallest absolute Gasteiger partial charge is 0.251 e. The first-order valence-corrected chi connectivity index (χ1v) is 15.1. The van der Waals surface area contributed by atoms with Gasteiger partial charge in [-0.3, -0.25) is 9.59 Å². The Morgan fingerprint density at radius 1 is 0.660 bits per heavy atom. The average molecular weight is 675 g/mol. The van der Waals surface area contributed by atoms with Crippen molar-refractivity contribution in [2.75, 3.05) is 0 Å². The first kappa shape index (κ1) is 34.6. The Balaban J connectivity index is 0.000000194. The molecule has 0 fully saturated rings. The van der Waals surface area contributed by atoms with Crippen molar-refractivity contribution in [2.24, 2.45) is 11.5 Å². The van der Waals surface area contributed by atoms with Crippen molar-refractivity contribution in [1.82, 2.24) is 39.5 Å². The van der Waals surface area contributed by atoms with Crippen LogP contribution in [-0.2, 0) is 9.59 Å². The Morgan fingerprint density at radius 2 is 1.16 bits per heavy atom. The van der Waals surface area contributed by atoms with Gasteiger partial charge in [0.1, 0.15) is 12.7 Å². The van der Waals surface area contributed by atoms with E-state index in [1.165, 1.54) is 65.0 Å². The number of benzene rings is 2.